The van der Waals surface area contributed by atoms with E-state index in [2.05, 4.69) is 22.4 Å². The molecule has 0 aliphatic carbocycles. The number of nitrogens with one attached hydrogen (secondary N) is 1. The fourth-order valence-electron chi connectivity index (χ4n) is 1.83. The number of methoxy groups -OCH3 is 1. The second-order valence-electron chi connectivity index (χ2n) is 4.40. The van der Waals surface area contributed by atoms with Crippen LogP contribution < -0.4 is 10.1 Å². The van der Waals surface area contributed by atoms with E-state index < -0.39 is 0 Å². The molecule has 4 heteroatoms. The highest BCUT2D eigenvalue weighted by Gasteiger charge is 2.00. The fourth-order valence-corrected chi connectivity index (χ4v) is 1.83. The highest BCUT2D eigenvalue weighted by Crippen LogP contribution is 2.23. The topological polar surface area (TPSA) is 43.4 Å². The van der Waals surface area contributed by atoms with Crippen molar-refractivity contribution in [2.45, 2.75) is 13.3 Å². The molecule has 0 amide bonds. The van der Waals surface area contributed by atoms with Crippen LogP contribution in [0.15, 0.2) is 42.6 Å². The minimum Gasteiger partial charge on any atom is -0.457 e. The number of pyridine rings is 1. The van der Waals surface area contributed by atoms with Gasteiger partial charge in [0.05, 0.1) is 6.61 Å². The molecule has 0 aliphatic rings. The molecular weight excluding hydrogens is 252 g/mol. The van der Waals surface area contributed by atoms with Crippen LogP contribution in [0.1, 0.15) is 12.5 Å². The largest absolute Gasteiger partial charge is 0.457 e. The summed E-state index contributed by atoms with van der Waals surface area (Å²) < 4.78 is 10.9. The Labute approximate surface area is 119 Å². The Bertz CT molecular complexity index is 526. The number of hydrogen-bond acceptors (Lipinski definition) is 4. The summed E-state index contributed by atoms with van der Waals surface area (Å²) in [7, 11) is 1.71. The zero-order valence-electron chi connectivity index (χ0n) is 11.9. The molecule has 1 aromatic heterocycles. The third-order valence-corrected chi connectivity index (χ3v) is 2.84. The minimum atomic E-state index is 0.733. The first-order valence-corrected chi connectivity index (χ1v) is 6.77. The van der Waals surface area contributed by atoms with Gasteiger partial charge in [-0.15, -0.1) is 0 Å². The molecule has 4 nitrogen and oxygen atoms in total. The summed E-state index contributed by atoms with van der Waals surface area (Å²) in [4.78, 5) is 4.21. The van der Waals surface area contributed by atoms with Crippen LogP contribution in [0.4, 0.5) is 5.82 Å². The molecule has 20 heavy (non-hydrogen) atoms. The zero-order valence-corrected chi connectivity index (χ0v) is 11.9. The quantitative estimate of drug-likeness (QED) is 0.838. The lowest BCUT2D eigenvalue weighted by Gasteiger charge is -2.08. The molecular formula is C16H20N2O2. The van der Waals surface area contributed by atoms with Crippen LogP contribution >= 0.6 is 0 Å². The number of rotatable bonds is 7. The van der Waals surface area contributed by atoms with Crippen molar-refractivity contribution in [2.24, 2.45) is 0 Å². The van der Waals surface area contributed by atoms with Crippen molar-refractivity contribution in [3.63, 3.8) is 0 Å². The molecule has 1 N–H and O–H groups in total. The Morgan fingerprint density at radius 2 is 1.90 bits per heavy atom. The van der Waals surface area contributed by atoms with E-state index in [0.717, 1.165) is 36.9 Å². The molecule has 106 valence electrons. The third-order valence-electron chi connectivity index (χ3n) is 2.84. The summed E-state index contributed by atoms with van der Waals surface area (Å²) in [5, 5.41) is 3.16. The smallest absolute Gasteiger partial charge is 0.132 e. The minimum absolute atomic E-state index is 0.733. The molecule has 0 unspecified atom stereocenters. The summed E-state index contributed by atoms with van der Waals surface area (Å²) >= 11 is 0. The van der Waals surface area contributed by atoms with Crippen LogP contribution in [-0.2, 0) is 11.2 Å². The van der Waals surface area contributed by atoms with Gasteiger partial charge in [0.25, 0.3) is 0 Å². The Morgan fingerprint density at radius 1 is 1.10 bits per heavy atom. The average Bonchev–Trinajstić information content (AvgIpc) is 2.47. The Hall–Kier alpha value is -2.07. The molecule has 1 aromatic carbocycles. The van der Waals surface area contributed by atoms with Crippen LogP contribution in [-0.4, -0.2) is 25.2 Å². The molecule has 1 heterocycles. The molecule has 0 spiro atoms. The number of nitrogens with zero attached hydrogens (tertiary/aromatic N) is 1. The highest BCUT2D eigenvalue weighted by atomic mass is 16.5. The summed E-state index contributed by atoms with van der Waals surface area (Å²) in [5.41, 5.74) is 1.24. The van der Waals surface area contributed by atoms with Gasteiger partial charge in [-0.05, 0) is 37.1 Å². The van der Waals surface area contributed by atoms with E-state index in [4.69, 9.17) is 9.47 Å². The van der Waals surface area contributed by atoms with Gasteiger partial charge >= 0.3 is 0 Å². The molecule has 2 aromatic rings. The maximum absolute atomic E-state index is 5.81. The molecule has 0 aliphatic heterocycles. The first-order chi connectivity index (χ1) is 9.81. The number of benzene rings is 1. The van der Waals surface area contributed by atoms with E-state index in [-0.39, 0.29) is 0 Å². The fraction of sp³-hybridized carbons (Fsp3) is 0.312. The van der Waals surface area contributed by atoms with E-state index in [1.807, 2.05) is 31.2 Å². The molecule has 0 saturated carbocycles. The highest BCUT2D eigenvalue weighted by molar-refractivity contribution is 5.42. The van der Waals surface area contributed by atoms with Crippen molar-refractivity contribution in [2.75, 3.05) is 25.6 Å². The van der Waals surface area contributed by atoms with Crippen molar-refractivity contribution in [3.05, 3.63) is 48.2 Å². The molecule has 0 atom stereocenters. The first-order valence-electron chi connectivity index (χ1n) is 6.77. The normalized spacial score (nSPS) is 10.3. The zero-order chi connectivity index (χ0) is 14.2. The van der Waals surface area contributed by atoms with Crippen LogP contribution in [0.5, 0.6) is 11.5 Å². The predicted octanol–water partition coefficient (Wildman–Crippen LogP) is 3.49. The van der Waals surface area contributed by atoms with Crippen LogP contribution in [0.3, 0.4) is 0 Å². The SMILES string of the molecule is CCNc1cc(Oc2ccc(CCOC)cc2)ccn1. The van der Waals surface area contributed by atoms with Crippen molar-refractivity contribution in [3.8, 4) is 11.5 Å². The van der Waals surface area contributed by atoms with E-state index >= 15 is 0 Å². The van der Waals surface area contributed by atoms with Gasteiger partial charge in [-0.2, -0.15) is 0 Å². The van der Waals surface area contributed by atoms with Gasteiger partial charge in [0, 0.05) is 25.9 Å². The van der Waals surface area contributed by atoms with Crippen LogP contribution in [0.25, 0.3) is 0 Å². The number of aromatic nitrogens is 1. The van der Waals surface area contributed by atoms with E-state index in [0.29, 0.717) is 0 Å². The summed E-state index contributed by atoms with van der Waals surface area (Å²) in [5.74, 6) is 2.42. The van der Waals surface area contributed by atoms with E-state index in [1.165, 1.54) is 5.56 Å². The van der Waals surface area contributed by atoms with E-state index in [1.54, 1.807) is 13.3 Å². The molecule has 2 rings (SSSR count). The lowest BCUT2D eigenvalue weighted by Crippen LogP contribution is -1.98. The summed E-state index contributed by atoms with van der Waals surface area (Å²) in [6.07, 6.45) is 2.65. The number of anilines is 1. The maximum atomic E-state index is 5.81. The maximum Gasteiger partial charge on any atom is 0.132 e. The molecule has 0 radical (unpaired) electrons. The second kappa shape index (κ2) is 7.50. The lowest BCUT2D eigenvalue weighted by molar-refractivity contribution is 0.202. The second-order valence-corrected chi connectivity index (χ2v) is 4.40. The molecule has 0 saturated heterocycles. The Morgan fingerprint density at radius 3 is 2.60 bits per heavy atom. The monoisotopic (exact) mass is 272 g/mol. The number of hydrogen-bond donors (Lipinski definition) is 1. The molecule has 0 bridgehead atoms. The van der Waals surface area contributed by atoms with Gasteiger partial charge in [0.1, 0.15) is 17.3 Å². The lowest BCUT2D eigenvalue weighted by atomic mass is 10.1. The standard InChI is InChI=1S/C16H20N2O2/c1-3-17-16-12-15(8-10-18-16)20-14-6-4-13(5-7-14)9-11-19-2/h4-8,10,12H,3,9,11H2,1-2H3,(H,17,18). The molecule has 0 fully saturated rings. The van der Waals surface area contributed by atoms with Crippen molar-refractivity contribution >= 4 is 5.82 Å². The van der Waals surface area contributed by atoms with Gasteiger partial charge in [0.15, 0.2) is 0 Å². The Kier molecular flexibility index (Phi) is 5.38. The van der Waals surface area contributed by atoms with Crippen molar-refractivity contribution in [1.82, 2.24) is 4.98 Å². The van der Waals surface area contributed by atoms with E-state index in [9.17, 15) is 0 Å². The van der Waals surface area contributed by atoms with Gasteiger partial charge < -0.3 is 14.8 Å². The first kappa shape index (κ1) is 14.3. The Balaban J connectivity index is 2.00. The van der Waals surface area contributed by atoms with Gasteiger partial charge in [-0.1, -0.05) is 12.1 Å². The summed E-state index contributed by atoms with van der Waals surface area (Å²) in [6.45, 7) is 3.61. The summed E-state index contributed by atoms with van der Waals surface area (Å²) in [6, 6.07) is 11.8. The van der Waals surface area contributed by atoms with Gasteiger partial charge in [-0.3, -0.25) is 0 Å². The number of ether oxygens (including phenoxy) is 2. The third kappa shape index (κ3) is 4.24. The average molecular weight is 272 g/mol. The van der Waals surface area contributed by atoms with Gasteiger partial charge in [0.2, 0.25) is 0 Å². The van der Waals surface area contributed by atoms with Crippen molar-refractivity contribution < 1.29 is 9.47 Å². The predicted molar refractivity (Wildman–Crippen MR) is 80.5 cm³/mol. The van der Waals surface area contributed by atoms with Crippen molar-refractivity contribution in [1.29, 1.82) is 0 Å². The van der Waals surface area contributed by atoms with Crippen LogP contribution in [0, 0.1) is 0 Å². The van der Waals surface area contributed by atoms with Crippen LogP contribution in [0.2, 0.25) is 0 Å². The van der Waals surface area contributed by atoms with Gasteiger partial charge in [-0.25, -0.2) is 4.98 Å².